The van der Waals surface area contributed by atoms with Crippen LogP contribution < -0.4 is 0 Å². The average molecular weight is 1520 g/mol. The third-order valence-corrected chi connectivity index (χ3v) is 18.5. The summed E-state index contributed by atoms with van der Waals surface area (Å²) in [4.78, 5) is 0. The topological polar surface area (TPSA) is 0 Å². The van der Waals surface area contributed by atoms with Crippen LogP contribution in [0.15, 0.2) is 277 Å². The lowest BCUT2D eigenvalue weighted by Crippen LogP contribution is -2.37. The fraction of sp³-hybridized carbons (Fsp3) is 0.0476. The largest absolute Gasteiger partial charge is 0.0701 e. The van der Waals surface area contributed by atoms with Crippen molar-refractivity contribution >= 4 is 143 Å². The van der Waals surface area contributed by atoms with Gasteiger partial charge in [-0.25, -0.2) is 0 Å². The van der Waals surface area contributed by atoms with E-state index in [1.807, 2.05) is 0 Å². The molecule has 0 aliphatic carbocycles. The van der Waals surface area contributed by atoms with E-state index in [1.165, 1.54) is 0 Å². The van der Waals surface area contributed by atoms with Gasteiger partial charge in [-0.3, -0.25) is 0 Å². The highest BCUT2D eigenvalue weighted by Gasteiger charge is 2.46. The van der Waals surface area contributed by atoms with Gasteiger partial charge in [0, 0.05) is 40.3 Å². The van der Waals surface area contributed by atoms with Gasteiger partial charge >= 0.3 is 0 Å². The number of benzene rings is 10. The minimum absolute atomic E-state index is 0.886. The fourth-order valence-electron chi connectivity index (χ4n) is 10.6. The molecule has 10 aromatic carbocycles. The number of halogens is 9. The van der Waals surface area contributed by atoms with Crippen molar-refractivity contribution in [3.8, 4) is 0 Å². The lowest BCUT2D eigenvalue weighted by Gasteiger charge is -2.43. The van der Waals surface area contributed by atoms with Gasteiger partial charge in [-0.15, -0.1) is 0 Å². The minimum atomic E-state index is -0.886. The van der Waals surface area contributed by atoms with E-state index in [4.69, 9.17) is 0 Å². The van der Waals surface area contributed by atoms with Crippen LogP contribution in [0.25, 0.3) is 0 Å². The predicted octanol–water partition coefficient (Wildman–Crippen LogP) is 21.7. The molecule has 354 valence electrons. The van der Waals surface area contributed by atoms with Crippen molar-refractivity contribution in [1.82, 2.24) is 0 Å². The second kappa shape index (κ2) is 22.0. The molecule has 0 aliphatic heterocycles. The lowest BCUT2D eigenvalue weighted by atomic mass is 9.58. The molecule has 0 heterocycles. The molecule has 0 aromatic heterocycles. The zero-order chi connectivity index (χ0) is 50.2. The van der Waals surface area contributed by atoms with Crippen LogP contribution in [0.3, 0.4) is 0 Å². The molecular weight excluding hydrogens is 1480 g/mol. The number of rotatable bonds is 12. The maximum atomic E-state index is 3.83. The zero-order valence-corrected chi connectivity index (χ0v) is 52.2. The molecule has 0 fully saturated rings. The molecule has 0 nitrogen and oxygen atoms in total. The van der Waals surface area contributed by atoms with Gasteiger partial charge in [0.05, 0.1) is 16.2 Å². The first-order valence-electron chi connectivity index (χ1n) is 22.8. The van der Waals surface area contributed by atoms with Gasteiger partial charge in [0.1, 0.15) is 0 Å². The Morgan fingerprint density at radius 3 is 0.333 bits per heavy atom. The van der Waals surface area contributed by atoms with Gasteiger partial charge < -0.3 is 0 Å². The molecule has 9 heteroatoms. The zero-order valence-electron chi connectivity index (χ0n) is 37.9. The van der Waals surface area contributed by atoms with Crippen LogP contribution in [0.1, 0.15) is 66.8 Å². The first-order valence-corrected chi connectivity index (χ1v) is 30.0. The van der Waals surface area contributed by atoms with Crippen LogP contribution in [0, 0.1) is 0 Å². The molecule has 0 aliphatic rings. The van der Waals surface area contributed by atoms with Gasteiger partial charge in [0.25, 0.3) is 0 Å². The summed E-state index contributed by atoms with van der Waals surface area (Å²) in [6, 6.07) is 87.4. The molecule has 0 amide bonds. The third-order valence-electron chi connectivity index (χ3n) is 13.7. The highest BCUT2D eigenvalue weighted by atomic mass is 79.9. The van der Waals surface area contributed by atoms with Gasteiger partial charge in [0.2, 0.25) is 0 Å². The summed E-state index contributed by atoms with van der Waals surface area (Å²) in [5, 5.41) is 0. The highest BCUT2D eigenvalue weighted by Crippen LogP contribution is 2.55. The molecule has 0 bridgehead atoms. The quantitative estimate of drug-likeness (QED) is 0.107. The summed E-state index contributed by atoms with van der Waals surface area (Å²) in [5.74, 6) is 0. The van der Waals surface area contributed by atoms with Crippen molar-refractivity contribution in [2.24, 2.45) is 0 Å². The van der Waals surface area contributed by atoms with Gasteiger partial charge in [-0.1, -0.05) is 271 Å². The van der Waals surface area contributed by atoms with E-state index >= 15 is 0 Å². The summed E-state index contributed by atoms with van der Waals surface area (Å²) < 4.78 is 9.01. The van der Waals surface area contributed by atoms with Crippen LogP contribution in [-0.4, -0.2) is 0 Å². The van der Waals surface area contributed by atoms with Crippen molar-refractivity contribution in [2.75, 3.05) is 0 Å². The van der Waals surface area contributed by atoms with E-state index in [0.717, 1.165) is 107 Å². The second-order valence-corrected chi connectivity index (χ2v) is 25.9. The molecule has 10 rings (SSSR count). The molecule has 0 saturated heterocycles. The summed E-state index contributed by atoms with van der Waals surface area (Å²) in [6.45, 7) is 0. The molecule has 0 spiro atoms. The molecule has 10 aromatic rings. The Labute approximate surface area is 497 Å². The van der Waals surface area contributed by atoms with Crippen molar-refractivity contribution in [1.29, 1.82) is 0 Å². The Kier molecular flexibility index (Phi) is 15.9. The molecule has 0 radical (unpaired) electrons. The fourth-order valence-corrected chi connectivity index (χ4v) is 13.0. The van der Waals surface area contributed by atoms with Crippen molar-refractivity contribution in [3.05, 3.63) is 344 Å². The molecular formula is C63H39Br9. The molecule has 0 unspecified atom stereocenters. The van der Waals surface area contributed by atoms with E-state index < -0.39 is 16.2 Å². The van der Waals surface area contributed by atoms with E-state index in [2.05, 4.69) is 380 Å². The van der Waals surface area contributed by atoms with Crippen molar-refractivity contribution in [2.45, 2.75) is 16.2 Å². The van der Waals surface area contributed by atoms with Crippen molar-refractivity contribution in [3.63, 3.8) is 0 Å². The summed E-state index contributed by atoms with van der Waals surface area (Å²) in [5.41, 5.74) is 10.6. The van der Waals surface area contributed by atoms with Crippen molar-refractivity contribution < 1.29 is 0 Å². The van der Waals surface area contributed by atoms with E-state index in [0.29, 0.717) is 0 Å². The Balaban J connectivity index is 1.50. The summed E-state index contributed by atoms with van der Waals surface area (Å²) in [6.07, 6.45) is 0. The van der Waals surface area contributed by atoms with E-state index in [-0.39, 0.29) is 0 Å². The van der Waals surface area contributed by atoms with Crippen LogP contribution >= 0.6 is 143 Å². The first kappa shape index (κ1) is 52.0. The lowest BCUT2D eigenvalue weighted by molar-refractivity contribution is 0.692. The SMILES string of the molecule is Brc1ccc(C(c2ccc(Br)cc2)(c2ccc(Br)cc2)c2cc(C(c3ccc(Br)cc3)(c3ccc(Br)cc3)c3ccc(Br)cc3)cc(C(c3ccc(Br)cc3)(c3ccc(Br)cc3)c3ccc(Br)cc3)c2)cc1. The molecule has 0 saturated carbocycles. The Morgan fingerprint density at radius 2 is 0.236 bits per heavy atom. The van der Waals surface area contributed by atoms with Gasteiger partial charge in [0.15, 0.2) is 0 Å². The Bertz CT molecular complexity index is 2760. The van der Waals surface area contributed by atoms with Crippen LogP contribution in [-0.2, 0) is 16.2 Å². The van der Waals surface area contributed by atoms with E-state index in [1.54, 1.807) is 0 Å². The van der Waals surface area contributed by atoms with E-state index in [9.17, 15) is 0 Å². The summed E-state index contributed by atoms with van der Waals surface area (Å²) in [7, 11) is 0. The Hall–Kier alpha value is -3.48. The van der Waals surface area contributed by atoms with Crippen LogP contribution in [0.4, 0.5) is 0 Å². The van der Waals surface area contributed by atoms with Gasteiger partial charge in [-0.05, 0) is 176 Å². The molecule has 0 atom stereocenters. The first-order chi connectivity index (χ1) is 34.8. The Morgan fingerprint density at radius 1 is 0.139 bits per heavy atom. The monoisotopic (exact) mass is 1510 g/mol. The maximum absolute atomic E-state index is 3.83. The number of hydrogen-bond donors (Lipinski definition) is 0. The second-order valence-electron chi connectivity index (χ2n) is 17.6. The number of hydrogen-bond acceptors (Lipinski definition) is 0. The molecule has 72 heavy (non-hydrogen) atoms. The van der Waals surface area contributed by atoms with Gasteiger partial charge in [-0.2, -0.15) is 0 Å². The smallest absolute Gasteiger partial charge is 0.0563 e. The standard InChI is InChI=1S/C63H39Br9/c64-52-19-1-40(2-20-52)61(41-3-21-53(65)22-4-41,42-5-23-54(66)24-6-42)49-37-50(62(43-7-25-55(67)26-8-43,44-9-27-56(68)28-10-44)45-11-29-57(69)30-12-45)39-51(38-49)63(46-13-31-58(70)32-14-46,47-15-33-59(71)34-16-47)48-17-35-60(72)36-18-48/h1-39H. The summed E-state index contributed by atoms with van der Waals surface area (Å²) >= 11 is 34.5. The third kappa shape index (κ3) is 9.82. The van der Waals surface area contributed by atoms with Crippen LogP contribution in [0.2, 0.25) is 0 Å². The predicted molar refractivity (Wildman–Crippen MR) is 331 cm³/mol. The average Bonchev–Trinajstić information content (AvgIpc) is 3.39. The highest BCUT2D eigenvalue weighted by molar-refractivity contribution is 9.12. The minimum Gasteiger partial charge on any atom is -0.0563 e. The molecule has 0 N–H and O–H groups in total. The normalized spacial score (nSPS) is 12.0. The maximum Gasteiger partial charge on any atom is 0.0701 e. The van der Waals surface area contributed by atoms with Crippen LogP contribution in [0.5, 0.6) is 0 Å².